The minimum atomic E-state index is -0.847. The van der Waals surface area contributed by atoms with Crippen LogP contribution in [0.25, 0.3) is 0 Å². The number of benzene rings is 1. The van der Waals surface area contributed by atoms with Gasteiger partial charge in [-0.25, -0.2) is 0 Å². The van der Waals surface area contributed by atoms with Crippen LogP contribution in [0.15, 0.2) is 18.2 Å². The molecular weight excluding hydrogens is 313 g/mol. The summed E-state index contributed by atoms with van der Waals surface area (Å²) < 4.78 is 0. The Kier molecular flexibility index (Phi) is 4.79. The lowest BCUT2D eigenvalue weighted by Gasteiger charge is -2.26. The first-order valence-corrected chi connectivity index (χ1v) is 7.56. The standard InChI is InChI=1S/C15H17Cl2NO3/c1-8(10-3-4-12(16)13(17)7-10)14(19)18-6-5-11(9(18)2)15(20)21/h3-4,7-9,11H,5-6H2,1-2H3,(H,20,21). The van der Waals surface area contributed by atoms with Crippen LogP contribution in [-0.2, 0) is 9.59 Å². The van der Waals surface area contributed by atoms with E-state index in [4.69, 9.17) is 28.3 Å². The first kappa shape index (κ1) is 16.1. The molecule has 0 spiro atoms. The number of hydrogen-bond donors (Lipinski definition) is 1. The Morgan fingerprint density at radius 2 is 2.00 bits per heavy atom. The van der Waals surface area contributed by atoms with Gasteiger partial charge in [-0.1, -0.05) is 29.3 Å². The zero-order valence-corrected chi connectivity index (χ0v) is 13.4. The third-order valence-corrected chi connectivity index (χ3v) is 4.91. The average Bonchev–Trinajstić information content (AvgIpc) is 2.82. The number of carbonyl (C=O) groups excluding carboxylic acids is 1. The highest BCUT2D eigenvalue weighted by Crippen LogP contribution is 2.31. The van der Waals surface area contributed by atoms with Gasteiger partial charge < -0.3 is 10.0 Å². The zero-order valence-electron chi connectivity index (χ0n) is 11.8. The van der Waals surface area contributed by atoms with Gasteiger partial charge in [-0.3, -0.25) is 9.59 Å². The van der Waals surface area contributed by atoms with Crippen molar-refractivity contribution < 1.29 is 14.7 Å². The van der Waals surface area contributed by atoms with Gasteiger partial charge in [-0.2, -0.15) is 0 Å². The summed E-state index contributed by atoms with van der Waals surface area (Å²) >= 11 is 11.9. The SMILES string of the molecule is CC(C(=O)N1CCC(C(=O)O)C1C)c1ccc(Cl)c(Cl)c1. The molecule has 1 aliphatic rings. The summed E-state index contributed by atoms with van der Waals surface area (Å²) in [5.41, 5.74) is 0.778. The lowest BCUT2D eigenvalue weighted by atomic mass is 9.98. The summed E-state index contributed by atoms with van der Waals surface area (Å²) in [5, 5.41) is 9.99. The van der Waals surface area contributed by atoms with E-state index < -0.39 is 11.9 Å². The van der Waals surface area contributed by atoms with Crippen molar-refractivity contribution >= 4 is 35.1 Å². The van der Waals surface area contributed by atoms with E-state index in [9.17, 15) is 9.59 Å². The maximum absolute atomic E-state index is 12.6. The van der Waals surface area contributed by atoms with Gasteiger partial charge in [0.25, 0.3) is 0 Å². The van der Waals surface area contributed by atoms with Crippen LogP contribution in [0.4, 0.5) is 0 Å². The van der Waals surface area contributed by atoms with Gasteiger partial charge in [0.15, 0.2) is 0 Å². The Morgan fingerprint density at radius 1 is 1.33 bits per heavy atom. The lowest BCUT2D eigenvalue weighted by molar-refractivity contribution is -0.143. The predicted molar refractivity (Wildman–Crippen MR) is 81.8 cm³/mol. The molecule has 0 saturated carbocycles. The molecule has 1 saturated heterocycles. The second-order valence-corrected chi connectivity index (χ2v) is 6.22. The molecule has 114 valence electrons. The third-order valence-electron chi connectivity index (χ3n) is 4.17. The molecule has 0 radical (unpaired) electrons. The van der Waals surface area contributed by atoms with Crippen LogP contribution in [0, 0.1) is 5.92 Å². The topological polar surface area (TPSA) is 57.6 Å². The fourth-order valence-electron chi connectivity index (χ4n) is 2.75. The molecule has 3 atom stereocenters. The van der Waals surface area contributed by atoms with Gasteiger partial charge >= 0.3 is 5.97 Å². The summed E-state index contributed by atoms with van der Waals surface area (Å²) in [6.45, 7) is 4.05. The van der Waals surface area contributed by atoms with Crippen molar-refractivity contribution in [3.05, 3.63) is 33.8 Å². The Morgan fingerprint density at radius 3 is 2.52 bits per heavy atom. The van der Waals surface area contributed by atoms with Crippen LogP contribution >= 0.6 is 23.2 Å². The van der Waals surface area contributed by atoms with Gasteiger partial charge in [-0.05, 0) is 38.0 Å². The Balaban J connectivity index is 2.16. The van der Waals surface area contributed by atoms with Crippen LogP contribution < -0.4 is 0 Å². The van der Waals surface area contributed by atoms with E-state index in [2.05, 4.69) is 0 Å². The molecule has 0 aromatic heterocycles. The number of hydrogen-bond acceptors (Lipinski definition) is 2. The molecule has 1 aliphatic heterocycles. The monoisotopic (exact) mass is 329 g/mol. The maximum atomic E-state index is 12.6. The van der Waals surface area contributed by atoms with Gasteiger partial charge in [0.05, 0.1) is 21.9 Å². The Hall–Kier alpha value is -1.26. The predicted octanol–water partition coefficient (Wildman–Crippen LogP) is 3.42. The van der Waals surface area contributed by atoms with Crippen molar-refractivity contribution in [3.63, 3.8) is 0 Å². The Bertz CT molecular complexity index is 576. The second kappa shape index (κ2) is 6.24. The molecule has 1 N–H and O–H groups in total. The number of aliphatic carboxylic acids is 1. The fourth-order valence-corrected chi connectivity index (χ4v) is 3.06. The minimum absolute atomic E-state index is 0.0790. The normalized spacial score (nSPS) is 23.1. The van der Waals surface area contributed by atoms with E-state index in [0.29, 0.717) is 23.0 Å². The molecular formula is C15H17Cl2NO3. The van der Waals surface area contributed by atoms with Crippen molar-refractivity contribution in [3.8, 4) is 0 Å². The fraction of sp³-hybridized carbons (Fsp3) is 0.467. The number of carboxylic acids is 1. The number of nitrogens with zero attached hydrogens (tertiary/aromatic N) is 1. The van der Waals surface area contributed by atoms with Gasteiger partial charge in [0.2, 0.25) is 5.91 Å². The smallest absolute Gasteiger partial charge is 0.308 e. The molecule has 4 nitrogen and oxygen atoms in total. The second-order valence-electron chi connectivity index (χ2n) is 5.40. The van der Waals surface area contributed by atoms with E-state index in [-0.39, 0.29) is 17.9 Å². The van der Waals surface area contributed by atoms with Crippen molar-refractivity contribution in [2.75, 3.05) is 6.54 Å². The van der Waals surface area contributed by atoms with Gasteiger partial charge in [0.1, 0.15) is 0 Å². The number of rotatable bonds is 3. The van der Waals surface area contributed by atoms with Crippen LogP contribution in [0.5, 0.6) is 0 Å². The van der Waals surface area contributed by atoms with E-state index in [0.717, 1.165) is 5.56 Å². The molecule has 0 aliphatic carbocycles. The van der Waals surface area contributed by atoms with Crippen molar-refractivity contribution in [1.82, 2.24) is 4.90 Å². The molecule has 1 aromatic carbocycles. The highest BCUT2D eigenvalue weighted by Gasteiger charge is 2.39. The van der Waals surface area contributed by atoms with Crippen molar-refractivity contribution in [2.24, 2.45) is 5.92 Å². The van der Waals surface area contributed by atoms with Crippen molar-refractivity contribution in [2.45, 2.75) is 32.2 Å². The average molecular weight is 330 g/mol. The highest BCUT2D eigenvalue weighted by atomic mass is 35.5. The third kappa shape index (κ3) is 3.16. The summed E-state index contributed by atoms with van der Waals surface area (Å²) in [6, 6.07) is 4.82. The summed E-state index contributed by atoms with van der Waals surface area (Å²) in [4.78, 5) is 25.4. The largest absolute Gasteiger partial charge is 0.481 e. The highest BCUT2D eigenvalue weighted by molar-refractivity contribution is 6.42. The number of likely N-dealkylation sites (tertiary alicyclic amines) is 1. The van der Waals surface area contributed by atoms with Crippen LogP contribution in [0.3, 0.4) is 0 Å². The zero-order chi connectivity index (χ0) is 15.7. The molecule has 2 rings (SSSR count). The molecule has 6 heteroatoms. The molecule has 21 heavy (non-hydrogen) atoms. The Labute approximate surface area is 133 Å². The van der Waals surface area contributed by atoms with E-state index in [1.165, 1.54) is 0 Å². The first-order valence-electron chi connectivity index (χ1n) is 6.81. The van der Waals surface area contributed by atoms with Gasteiger partial charge in [0, 0.05) is 12.6 Å². The summed E-state index contributed by atoms with van der Waals surface area (Å²) in [5.74, 6) is -1.80. The van der Waals surface area contributed by atoms with Crippen LogP contribution in [0.2, 0.25) is 10.0 Å². The van der Waals surface area contributed by atoms with Crippen molar-refractivity contribution in [1.29, 1.82) is 0 Å². The number of carbonyl (C=O) groups is 2. The minimum Gasteiger partial charge on any atom is -0.481 e. The summed E-state index contributed by atoms with van der Waals surface area (Å²) in [7, 11) is 0. The molecule has 1 fully saturated rings. The van der Waals surface area contributed by atoms with Crippen LogP contribution in [0.1, 0.15) is 31.7 Å². The quantitative estimate of drug-likeness (QED) is 0.924. The van der Waals surface area contributed by atoms with Gasteiger partial charge in [-0.15, -0.1) is 0 Å². The number of carboxylic acid groups (broad SMARTS) is 1. The lowest BCUT2D eigenvalue weighted by Crippen LogP contribution is -2.39. The van der Waals surface area contributed by atoms with E-state index >= 15 is 0 Å². The first-order chi connectivity index (χ1) is 9.82. The molecule has 1 aromatic rings. The molecule has 1 amide bonds. The maximum Gasteiger partial charge on any atom is 0.308 e. The van der Waals surface area contributed by atoms with E-state index in [1.807, 2.05) is 0 Å². The number of halogens is 2. The summed E-state index contributed by atoms with van der Waals surface area (Å²) in [6.07, 6.45) is 0.496. The van der Waals surface area contributed by atoms with E-state index in [1.54, 1.807) is 36.9 Å². The molecule has 3 unspecified atom stereocenters. The molecule has 0 bridgehead atoms. The number of amides is 1. The molecule has 1 heterocycles. The van der Waals surface area contributed by atoms with Crippen LogP contribution in [-0.4, -0.2) is 34.5 Å².